The highest BCUT2D eigenvalue weighted by molar-refractivity contribution is 5.93. The lowest BCUT2D eigenvalue weighted by Crippen LogP contribution is -2.46. The Bertz CT molecular complexity index is 1220. The van der Waals surface area contributed by atoms with Gasteiger partial charge in [-0.2, -0.15) is 4.98 Å². The Morgan fingerprint density at radius 1 is 1.09 bits per heavy atom. The largest absolute Gasteiger partial charge is 0.573 e. The molecule has 0 amide bonds. The third kappa shape index (κ3) is 5.03. The van der Waals surface area contributed by atoms with Gasteiger partial charge in [0.15, 0.2) is 11.6 Å². The maximum atomic E-state index is 15.0. The Labute approximate surface area is 198 Å². The minimum Gasteiger partial charge on any atom is -0.406 e. The van der Waals surface area contributed by atoms with Crippen molar-refractivity contribution < 1.29 is 31.6 Å². The molecule has 0 aliphatic carbocycles. The van der Waals surface area contributed by atoms with E-state index in [0.717, 1.165) is 31.9 Å². The first kappa shape index (κ1) is 23.7. The summed E-state index contributed by atoms with van der Waals surface area (Å²) in [5.41, 5.74) is 0.899. The van der Waals surface area contributed by atoms with Gasteiger partial charge in [-0.25, -0.2) is 9.37 Å². The Kier molecular flexibility index (Phi) is 6.26. The molecule has 5 rings (SSSR count). The third-order valence-electron chi connectivity index (χ3n) is 6.43. The van der Waals surface area contributed by atoms with Crippen molar-refractivity contribution in [2.24, 2.45) is 0 Å². The van der Waals surface area contributed by atoms with E-state index in [1.54, 1.807) is 13.8 Å². The van der Waals surface area contributed by atoms with Gasteiger partial charge in [0.2, 0.25) is 0 Å². The highest BCUT2D eigenvalue weighted by Crippen LogP contribution is 2.39. The van der Waals surface area contributed by atoms with Gasteiger partial charge in [0, 0.05) is 43.2 Å². The summed E-state index contributed by atoms with van der Waals surface area (Å²) >= 11 is 0. The summed E-state index contributed by atoms with van der Waals surface area (Å²) in [4.78, 5) is 10.9. The molecule has 1 atom stereocenters. The number of hydrogen-bond acceptors (Lipinski definition) is 8. The smallest absolute Gasteiger partial charge is 0.406 e. The van der Waals surface area contributed by atoms with Gasteiger partial charge >= 0.3 is 6.36 Å². The minimum atomic E-state index is -4.95. The molecule has 0 radical (unpaired) electrons. The monoisotopic (exact) mass is 495 g/mol. The fourth-order valence-corrected chi connectivity index (χ4v) is 4.77. The van der Waals surface area contributed by atoms with Crippen molar-refractivity contribution in [2.75, 3.05) is 31.2 Å². The van der Waals surface area contributed by atoms with Gasteiger partial charge in [0.05, 0.1) is 12.2 Å². The van der Waals surface area contributed by atoms with E-state index in [2.05, 4.69) is 25.2 Å². The molecule has 4 heterocycles. The molecule has 2 saturated heterocycles. The lowest BCUT2D eigenvalue weighted by atomic mass is 9.99. The molecular weight excluding hydrogens is 470 g/mol. The number of benzene rings is 1. The molecule has 0 saturated carbocycles. The molecule has 2 aliphatic rings. The molecule has 1 unspecified atom stereocenters. The molecule has 35 heavy (non-hydrogen) atoms. The average molecular weight is 495 g/mol. The number of aromatic nitrogens is 3. The third-order valence-corrected chi connectivity index (χ3v) is 6.43. The van der Waals surface area contributed by atoms with Gasteiger partial charge < -0.3 is 24.2 Å². The second-order valence-corrected chi connectivity index (χ2v) is 8.92. The topological polar surface area (TPSA) is 85.5 Å². The first-order chi connectivity index (χ1) is 16.7. The zero-order valence-electron chi connectivity index (χ0n) is 19.3. The lowest BCUT2D eigenvalue weighted by Gasteiger charge is -2.35. The van der Waals surface area contributed by atoms with E-state index >= 15 is 0 Å². The summed E-state index contributed by atoms with van der Waals surface area (Å²) in [5.74, 6) is -0.528. The molecule has 2 fully saturated rings. The van der Waals surface area contributed by atoms with Crippen LogP contribution in [0.25, 0.3) is 22.4 Å². The van der Waals surface area contributed by atoms with Gasteiger partial charge in [-0.3, -0.25) is 0 Å². The van der Waals surface area contributed by atoms with Crippen molar-refractivity contribution in [3.63, 3.8) is 0 Å². The highest BCUT2D eigenvalue weighted by atomic mass is 19.4. The molecule has 12 heteroatoms. The van der Waals surface area contributed by atoms with E-state index in [1.807, 2.05) is 4.90 Å². The van der Waals surface area contributed by atoms with Crippen molar-refractivity contribution in [3.8, 4) is 17.2 Å². The standard InChI is InChI=1S/C23H25F4N5O3/c1-12-17-9-16(34-23(25,26)27)10-18(24)20(17)30-21(19(12)22-28-13(2)31-35-22)32-6-3-14(4-7-32)29-15-5-8-33-11-15/h9-10,14-15,29H,3-8,11H2,1-2H3. The predicted molar refractivity (Wildman–Crippen MR) is 119 cm³/mol. The Morgan fingerprint density at radius 2 is 1.86 bits per heavy atom. The molecule has 3 aromatic rings. The van der Waals surface area contributed by atoms with Crippen LogP contribution in [0.2, 0.25) is 0 Å². The van der Waals surface area contributed by atoms with Crippen LogP contribution in [0.15, 0.2) is 16.7 Å². The number of ether oxygens (including phenoxy) is 2. The molecule has 8 nitrogen and oxygen atoms in total. The second kappa shape index (κ2) is 9.23. The lowest BCUT2D eigenvalue weighted by molar-refractivity contribution is -0.274. The van der Waals surface area contributed by atoms with E-state index < -0.39 is 17.9 Å². The fraction of sp³-hybridized carbons (Fsp3) is 0.522. The van der Waals surface area contributed by atoms with Gasteiger partial charge in [-0.15, -0.1) is 13.2 Å². The molecule has 2 aromatic heterocycles. The number of pyridine rings is 1. The van der Waals surface area contributed by atoms with Crippen LogP contribution in [-0.4, -0.2) is 59.9 Å². The molecular formula is C23H25F4N5O3. The first-order valence-electron chi connectivity index (χ1n) is 11.5. The number of rotatable bonds is 5. The molecule has 188 valence electrons. The SMILES string of the molecule is Cc1noc(-c2c(N3CCC(NC4CCOC4)CC3)nc3c(F)cc(OC(F)(F)F)cc3c2C)n1. The van der Waals surface area contributed by atoms with Gasteiger partial charge in [0.25, 0.3) is 5.89 Å². The molecule has 0 bridgehead atoms. The van der Waals surface area contributed by atoms with E-state index in [0.29, 0.717) is 60.6 Å². The number of fused-ring (bicyclic) bond motifs is 1. The zero-order valence-corrected chi connectivity index (χ0v) is 19.3. The second-order valence-electron chi connectivity index (χ2n) is 8.92. The molecule has 0 spiro atoms. The van der Waals surface area contributed by atoms with Crippen LogP contribution in [-0.2, 0) is 4.74 Å². The number of nitrogens with zero attached hydrogens (tertiary/aromatic N) is 4. The molecule has 2 aliphatic heterocycles. The number of piperidine rings is 1. The maximum absolute atomic E-state index is 15.0. The van der Waals surface area contributed by atoms with Crippen molar-refractivity contribution in [1.29, 1.82) is 0 Å². The average Bonchev–Trinajstić information content (AvgIpc) is 3.45. The first-order valence-corrected chi connectivity index (χ1v) is 11.5. The Balaban J connectivity index is 1.52. The minimum absolute atomic E-state index is 0.0460. The van der Waals surface area contributed by atoms with E-state index in [-0.39, 0.29) is 16.8 Å². The predicted octanol–water partition coefficient (Wildman–Crippen LogP) is 4.29. The van der Waals surface area contributed by atoms with E-state index in [1.165, 1.54) is 0 Å². The quantitative estimate of drug-likeness (QED) is 0.525. The highest BCUT2D eigenvalue weighted by Gasteiger charge is 2.33. The van der Waals surface area contributed by atoms with E-state index in [9.17, 15) is 17.6 Å². The maximum Gasteiger partial charge on any atom is 0.573 e. The van der Waals surface area contributed by atoms with Gasteiger partial charge in [-0.05, 0) is 44.7 Å². The normalized spacial score (nSPS) is 19.6. The van der Waals surface area contributed by atoms with Crippen LogP contribution >= 0.6 is 0 Å². The van der Waals surface area contributed by atoms with Crippen LogP contribution in [0.1, 0.15) is 30.7 Å². The summed E-state index contributed by atoms with van der Waals surface area (Å²) < 4.78 is 68.1. The van der Waals surface area contributed by atoms with Crippen LogP contribution in [0, 0.1) is 19.7 Å². The fourth-order valence-electron chi connectivity index (χ4n) is 4.77. The summed E-state index contributed by atoms with van der Waals surface area (Å²) in [5, 5.41) is 7.66. The summed E-state index contributed by atoms with van der Waals surface area (Å²) in [6, 6.07) is 2.51. The van der Waals surface area contributed by atoms with Crippen molar-refractivity contribution in [1.82, 2.24) is 20.4 Å². The number of aryl methyl sites for hydroxylation is 2. The van der Waals surface area contributed by atoms with E-state index in [4.69, 9.17) is 9.26 Å². The molecule has 1 aromatic carbocycles. The zero-order chi connectivity index (χ0) is 24.7. The molecule has 1 N–H and O–H groups in total. The van der Waals surface area contributed by atoms with Crippen molar-refractivity contribution in [3.05, 3.63) is 29.3 Å². The van der Waals surface area contributed by atoms with Crippen LogP contribution in [0.5, 0.6) is 5.75 Å². The van der Waals surface area contributed by atoms with Gasteiger partial charge in [0.1, 0.15) is 17.1 Å². The summed E-state index contributed by atoms with van der Waals surface area (Å²) in [6.45, 7) is 6.12. The van der Waals surface area contributed by atoms with Crippen LogP contribution < -0.4 is 15.0 Å². The number of halogens is 4. The number of nitrogens with one attached hydrogen (secondary N) is 1. The van der Waals surface area contributed by atoms with Crippen molar-refractivity contribution >= 4 is 16.7 Å². The number of alkyl halides is 3. The Morgan fingerprint density at radius 3 is 2.49 bits per heavy atom. The Hall–Kier alpha value is -2.99. The number of hydrogen-bond donors (Lipinski definition) is 1. The van der Waals surface area contributed by atoms with Gasteiger partial charge in [-0.1, -0.05) is 5.16 Å². The summed E-state index contributed by atoms with van der Waals surface area (Å²) in [7, 11) is 0. The van der Waals surface area contributed by atoms with Crippen LogP contribution in [0.3, 0.4) is 0 Å². The van der Waals surface area contributed by atoms with Crippen molar-refractivity contribution in [2.45, 2.75) is 51.6 Å². The number of anilines is 1. The summed E-state index contributed by atoms with van der Waals surface area (Å²) in [6.07, 6.45) is -2.26. The van der Waals surface area contributed by atoms with Crippen LogP contribution in [0.4, 0.5) is 23.4 Å².